The summed E-state index contributed by atoms with van der Waals surface area (Å²) >= 11 is 0. The minimum absolute atomic E-state index is 0.180. The van der Waals surface area contributed by atoms with Gasteiger partial charge in [0.15, 0.2) is 0 Å². The molecule has 2 aromatic carbocycles. The molecule has 0 saturated carbocycles. The van der Waals surface area contributed by atoms with Crippen molar-refractivity contribution in [2.45, 2.75) is 5.92 Å². The van der Waals surface area contributed by atoms with E-state index in [1.807, 2.05) is 67.5 Å². The van der Waals surface area contributed by atoms with Crippen molar-refractivity contribution >= 4 is 5.69 Å². The summed E-state index contributed by atoms with van der Waals surface area (Å²) in [5.41, 5.74) is 9.45. The van der Waals surface area contributed by atoms with Crippen molar-refractivity contribution in [1.82, 2.24) is 0 Å². The van der Waals surface area contributed by atoms with E-state index in [9.17, 15) is 5.26 Å². The second kappa shape index (κ2) is 5.45. The lowest BCUT2D eigenvalue weighted by Gasteiger charge is -2.27. The molecule has 1 aliphatic rings. The van der Waals surface area contributed by atoms with Crippen LogP contribution in [0, 0.1) is 11.3 Å². The van der Waals surface area contributed by atoms with Gasteiger partial charge in [-0.1, -0.05) is 36.4 Å². The number of hydrogen-bond donors (Lipinski definition) is 1. The molecule has 110 valence electrons. The zero-order valence-corrected chi connectivity index (χ0v) is 12.6. The average Bonchev–Trinajstić information content (AvgIpc) is 2.53. The van der Waals surface area contributed by atoms with E-state index < -0.39 is 0 Å². The fourth-order valence-electron chi connectivity index (χ4n) is 2.71. The second-order valence-electron chi connectivity index (χ2n) is 5.45. The van der Waals surface area contributed by atoms with Crippen LogP contribution in [-0.2, 0) is 0 Å². The number of anilines is 1. The summed E-state index contributed by atoms with van der Waals surface area (Å²) in [6.45, 7) is 0. The van der Waals surface area contributed by atoms with Crippen molar-refractivity contribution in [2.75, 3.05) is 19.0 Å². The number of nitrogens with two attached hydrogens (primary N) is 1. The van der Waals surface area contributed by atoms with E-state index in [2.05, 4.69) is 6.07 Å². The summed E-state index contributed by atoms with van der Waals surface area (Å²) < 4.78 is 5.69. The van der Waals surface area contributed by atoms with E-state index in [0.29, 0.717) is 11.3 Å². The molecule has 1 aliphatic heterocycles. The Hall–Kier alpha value is -2.93. The van der Waals surface area contributed by atoms with Crippen molar-refractivity contribution in [3.63, 3.8) is 0 Å². The van der Waals surface area contributed by atoms with Gasteiger partial charge in [-0.3, -0.25) is 0 Å². The molecule has 2 aromatic rings. The first-order valence-electron chi connectivity index (χ1n) is 7.05. The Morgan fingerprint density at radius 2 is 1.86 bits per heavy atom. The third kappa shape index (κ3) is 2.27. The summed E-state index contributed by atoms with van der Waals surface area (Å²) in [5, 5.41) is 9.49. The van der Waals surface area contributed by atoms with Crippen molar-refractivity contribution in [3.8, 4) is 11.8 Å². The molecule has 1 atom stereocenters. The van der Waals surface area contributed by atoms with Gasteiger partial charge in [-0.25, -0.2) is 0 Å². The van der Waals surface area contributed by atoms with Crippen molar-refractivity contribution < 1.29 is 4.74 Å². The van der Waals surface area contributed by atoms with Gasteiger partial charge < -0.3 is 15.4 Å². The van der Waals surface area contributed by atoms with Gasteiger partial charge in [0.2, 0.25) is 5.88 Å². The Kier molecular flexibility index (Phi) is 3.48. The summed E-state index contributed by atoms with van der Waals surface area (Å²) in [6, 6.07) is 18.1. The van der Waals surface area contributed by atoms with Gasteiger partial charge in [0.05, 0.1) is 5.92 Å². The number of benzene rings is 2. The molecule has 4 nitrogen and oxygen atoms in total. The molecule has 0 bridgehead atoms. The SMILES string of the molecule is CN(C)c1ccc2c(c1)OC(N)=C(C#N)C2c1ccccc1. The standard InChI is InChI=1S/C18H17N3O/c1-21(2)13-8-9-14-16(10-13)22-18(20)15(11-19)17(14)12-6-4-3-5-7-12/h3-10,17H,20H2,1-2H3. The Morgan fingerprint density at radius 1 is 1.14 bits per heavy atom. The van der Waals surface area contributed by atoms with Gasteiger partial charge in [0, 0.05) is 31.4 Å². The van der Waals surface area contributed by atoms with E-state index in [1.54, 1.807) is 0 Å². The van der Waals surface area contributed by atoms with Crippen molar-refractivity contribution in [3.05, 3.63) is 71.1 Å². The smallest absolute Gasteiger partial charge is 0.205 e. The van der Waals surface area contributed by atoms with Crippen LogP contribution in [0.25, 0.3) is 0 Å². The largest absolute Gasteiger partial charge is 0.440 e. The topological polar surface area (TPSA) is 62.3 Å². The van der Waals surface area contributed by atoms with Crippen LogP contribution < -0.4 is 15.4 Å². The van der Waals surface area contributed by atoms with Crippen LogP contribution in [0.1, 0.15) is 17.0 Å². The molecule has 0 amide bonds. The van der Waals surface area contributed by atoms with E-state index in [-0.39, 0.29) is 11.8 Å². The minimum atomic E-state index is -0.189. The molecule has 0 fully saturated rings. The molecule has 0 aliphatic carbocycles. The maximum atomic E-state index is 9.49. The number of rotatable bonds is 2. The second-order valence-corrected chi connectivity index (χ2v) is 5.45. The fourth-order valence-corrected chi connectivity index (χ4v) is 2.71. The van der Waals surface area contributed by atoms with Gasteiger partial charge in [0.1, 0.15) is 17.4 Å². The Balaban J connectivity index is 2.18. The molecule has 4 heteroatoms. The Labute approximate surface area is 130 Å². The predicted molar refractivity (Wildman–Crippen MR) is 86.5 cm³/mol. The van der Waals surface area contributed by atoms with Gasteiger partial charge in [0.25, 0.3) is 0 Å². The zero-order chi connectivity index (χ0) is 15.7. The number of allylic oxidation sites excluding steroid dienone is 1. The highest BCUT2D eigenvalue weighted by atomic mass is 16.5. The van der Waals surface area contributed by atoms with Gasteiger partial charge in [-0.05, 0) is 11.6 Å². The number of nitriles is 1. The van der Waals surface area contributed by atoms with Crippen LogP contribution in [0.4, 0.5) is 5.69 Å². The van der Waals surface area contributed by atoms with Crippen LogP contribution in [0.5, 0.6) is 5.75 Å². The van der Waals surface area contributed by atoms with Crippen LogP contribution in [-0.4, -0.2) is 14.1 Å². The number of hydrogen-bond acceptors (Lipinski definition) is 4. The number of nitrogens with zero attached hydrogens (tertiary/aromatic N) is 2. The van der Waals surface area contributed by atoms with Gasteiger partial charge >= 0.3 is 0 Å². The van der Waals surface area contributed by atoms with Crippen LogP contribution in [0.15, 0.2) is 60.0 Å². The first-order chi connectivity index (χ1) is 10.6. The minimum Gasteiger partial charge on any atom is -0.440 e. The summed E-state index contributed by atoms with van der Waals surface area (Å²) in [4.78, 5) is 2.00. The van der Waals surface area contributed by atoms with Crippen LogP contribution in [0.3, 0.4) is 0 Å². The maximum absolute atomic E-state index is 9.49. The molecule has 2 N–H and O–H groups in total. The van der Waals surface area contributed by atoms with Crippen LogP contribution >= 0.6 is 0 Å². The summed E-state index contributed by atoms with van der Waals surface area (Å²) in [5.74, 6) is 0.697. The molecule has 22 heavy (non-hydrogen) atoms. The highest BCUT2D eigenvalue weighted by Crippen LogP contribution is 2.43. The fraction of sp³-hybridized carbons (Fsp3) is 0.167. The van der Waals surface area contributed by atoms with E-state index in [1.165, 1.54) is 0 Å². The predicted octanol–water partition coefficient (Wildman–Crippen LogP) is 2.97. The quantitative estimate of drug-likeness (QED) is 0.924. The van der Waals surface area contributed by atoms with Crippen molar-refractivity contribution in [1.29, 1.82) is 5.26 Å². The molecule has 0 aromatic heterocycles. The van der Waals surface area contributed by atoms with E-state index in [4.69, 9.17) is 10.5 Å². The summed E-state index contributed by atoms with van der Waals surface area (Å²) in [7, 11) is 3.94. The molecule has 0 spiro atoms. The van der Waals surface area contributed by atoms with E-state index >= 15 is 0 Å². The molecule has 1 unspecified atom stereocenters. The normalized spacial score (nSPS) is 16.5. The number of ether oxygens (including phenoxy) is 1. The van der Waals surface area contributed by atoms with Gasteiger partial charge in [-0.15, -0.1) is 0 Å². The molecular weight excluding hydrogens is 274 g/mol. The third-order valence-electron chi connectivity index (χ3n) is 3.85. The first-order valence-corrected chi connectivity index (χ1v) is 7.05. The lowest BCUT2D eigenvalue weighted by Crippen LogP contribution is -2.21. The molecule has 0 saturated heterocycles. The maximum Gasteiger partial charge on any atom is 0.205 e. The average molecular weight is 291 g/mol. The Bertz CT molecular complexity index is 773. The molecule has 0 radical (unpaired) electrons. The van der Waals surface area contributed by atoms with Gasteiger partial charge in [-0.2, -0.15) is 5.26 Å². The number of fused-ring (bicyclic) bond motifs is 1. The lowest BCUT2D eigenvalue weighted by molar-refractivity contribution is 0.394. The first kappa shape index (κ1) is 14.0. The van der Waals surface area contributed by atoms with Crippen molar-refractivity contribution in [2.24, 2.45) is 5.73 Å². The Morgan fingerprint density at radius 3 is 2.50 bits per heavy atom. The lowest BCUT2D eigenvalue weighted by atomic mass is 9.83. The monoisotopic (exact) mass is 291 g/mol. The summed E-state index contributed by atoms with van der Waals surface area (Å²) in [6.07, 6.45) is 0. The van der Waals surface area contributed by atoms with Crippen LogP contribution in [0.2, 0.25) is 0 Å². The highest BCUT2D eigenvalue weighted by Gasteiger charge is 2.30. The third-order valence-corrected chi connectivity index (χ3v) is 3.85. The zero-order valence-electron chi connectivity index (χ0n) is 12.6. The molecule has 1 heterocycles. The molecule has 3 rings (SSSR count). The molecular formula is C18H17N3O. The highest BCUT2D eigenvalue weighted by molar-refractivity contribution is 5.61. The van der Waals surface area contributed by atoms with E-state index in [0.717, 1.165) is 16.8 Å².